The first kappa shape index (κ1) is 13.0. The van der Waals surface area contributed by atoms with E-state index in [1.165, 1.54) is 4.90 Å². The van der Waals surface area contributed by atoms with Gasteiger partial charge in [-0.3, -0.25) is 9.69 Å². The molecule has 1 aliphatic heterocycles. The summed E-state index contributed by atoms with van der Waals surface area (Å²) in [5.41, 5.74) is 0.109. The molecule has 2 aliphatic rings. The lowest BCUT2D eigenvalue weighted by Crippen LogP contribution is -2.46. The third-order valence-corrected chi connectivity index (χ3v) is 4.22. The van der Waals surface area contributed by atoms with E-state index in [1.54, 1.807) is 7.11 Å². The Morgan fingerprint density at radius 1 is 1.35 bits per heavy atom. The van der Waals surface area contributed by atoms with E-state index >= 15 is 0 Å². The van der Waals surface area contributed by atoms with E-state index in [4.69, 9.17) is 4.74 Å². The quantitative estimate of drug-likeness (QED) is 0.853. The van der Waals surface area contributed by atoms with Crippen LogP contribution in [0.4, 0.5) is 4.79 Å². The zero-order chi connectivity index (χ0) is 14.3. The summed E-state index contributed by atoms with van der Waals surface area (Å²) in [6.07, 6.45) is 2.01. The lowest BCUT2D eigenvalue weighted by Gasteiger charge is -2.21. The van der Waals surface area contributed by atoms with Crippen molar-refractivity contribution in [2.45, 2.75) is 31.8 Å². The molecule has 1 N–H and O–H groups in total. The molecule has 3 rings (SSSR count). The summed E-state index contributed by atoms with van der Waals surface area (Å²) in [6.45, 7) is 2.07. The third kappa shape index (κ3) is 1.94. The summed E-state index contributed by atoms with van der Waals surface area (Å²) >= 11 is 0. The summed E-state index contributed by atoms with van der Waals surface area (Å²) in [5.74, 6) is 0.839. The average Bonchev–Trinajstić information content (AvgIpc) is 3.26. The molecular weight excluding hydrogens is 256 g/mol. The molecule has 1 saturated heterocycles. The van der Waals surface area contributed by atoms with Gasteiger partial charge in [-0.15, -0.1) is 0 Å². The molecule has 1 atom stereocenters. The number of carbonyl (C=O) groups is 2. The minimum atomic E-state index is -0.723. The van der Waals surface area contributed by atoms with Gasteiger partial charge in [0.2, 0.25) is 0 Å². The molecule has 1 aliphatic carbocycles. The summed E-state index contributed by atoms with van der Waals surface area (Å²) in [5, 5.41) is 2.85. The van der Waals surface area contributed by atoms with E-state index in [9.17, 15) is 9.59 Å². The van der Waals surface area contributed by atoms with Crippen LogP contribution in [-0.4, -0.2) is 29.5 Å². The summed E-state index contributed by atoms with van der Waals surface area (Å²) in [6, 6.07) is 7.12. The monoisotopic (exact) mass is 274 g/mol. The number of nitrogens with one attached hydrogen (secondary N) is 1. The predicted octanol–water partition coefficient (Wildman–Crippen LogP) is 1.92. The number of ether oxygens (including phenoxy) is 1. The highest BCUT2D eigenvalue weighted by Gasteiger charge is 2.55. The number of imide groups is 1. The highest BCUT2D eigenvalue weighted by atomic mass is 16.5. The van der Waals surface area contributed by atoms with Gasteiger partial charge in [0.25, 0.3) is 5.91 Å². The number of carbonyl (C=O) groups excluding carboxylic acids is 2. The maximum absolute atomic E-state index is 12.5. The van der Waals surface area contributed by atoms with Gasteiger partial charge in [-0.25, -0.2) is 4.79 Å². The summed E-state index contributed by atoms with van der Waals surface area (Å²) < 4.78 is 5.27. The molecule has 3 amide bonds. The molecule has 1 aromatic rings. The number of methoxy groups -OCH3 is 1. The Morgan fingerprint density at radius 2 is 2.05 bits per heavy atom. The molecule has 1 saturated carbocycles. The molecule has 2 fully saturated rings. The first-order chi connectivity index (χ1) is 9.56. The second kappa shape index (κ2) is 4.51. The molecule has 20 heavy (non-hydrogen) atoms. The largest absolute Gasteiger partial charge is 0.496 e. The number of urea groups is 1. The van der Waals surface area contributed by atoms with Crippen LogP contribution in [-0.2, 0) is 11.3 Å². The SMILES string of the molecule is COc1ccccc1CN1C(=O)NC(C)(C2CC2)C1=O. The van der Waals surface area contributed by atoms with Crippen LogP contribution >= 0.6 is 0 Å². The fourth-order valence-corrected chi connectivity index (χ4v) is 2.80. The van der Waals surface area contributed by atoms with Crippen LogP contribution in [0.15, 0.2) is 24.3 Å². The lowest BCUT2D eigenvalue weighted by molar-refractivity contribution is -0.131. The Bertz CT molecular complexity index is 568. The van der Waals surface area contributed by atoms with E-state index < -0.39 is 5.54 Å². The van der Waals surface area contributed by atoms with E-state index in [2.05, 4.69) is 5.32 Å². The van der Waals surface area contributed by atoms with Crippen molar-refractivity contribution in [3.05, 3.63) is 29.8 Å². The molecule has 1 aromatic carbocycles. The van der Waals surface area contributed by atoms with Crippen molar-refractivity contribution in [1.82, 2.24) is 10.2 Å². The third-order valence-electron chi connectivity index (χ3n) is 4.22. The van der Waals surface area contributed by atoms with Gasteiger partial charge in [-0.05, 0) is 31.7 Å². The Hall–Kier alpha value is -2.04. The van der Waals surface area contributed by atoms with Crippen molar-refractivity contribution < 1.29 is 14.3 Å². The Kier molecular flexibility index (Phi) is 2.92. The minimum absolute atomic E-state index is 0.129. The standard InChI is InChI=1S/C15H18N2O3/c1-15(11-7-8-11)13(18)17(14(19)16-15)9-10-5-3-4-6-12(10)20-2/h3-6,11H,7-9H2,1-2H3,(H,16,19). The fourth-order valence-electron chi connectivity index (χ4n) is 2.80. The van der Waals surface area contributed by atoms with Crippen molar-refractivity contribution in [2.75, 3.05) is 7.11 Å². The molecule has 5 nitrogen and oxygen atoms in total. The van der Waals surface area contributed by atoms with Gasteiger partial charge in [0.15, 0.2) is 0 Å². The molecule has 0 spiro atoms. The number of benzene rings is 1. The number of hydrogen-bond donors (Lipinski definition) is 1. The van der Waals surface area contributed by atoms with E-state index in [0.29, 0.717) is 5.75 Å². The van der Waals surface area contributed by atoms with Gasteiger partial charge in [0.1, 0.15) is 11.3 Å². The molecule has 106 valence electrons. The van der Waals surface area contributed by atoms with Crippen LogP contribution in [0.2, 0.25) is 0 Å². The highest BCUT2D eigenvalue weighted by Crippen LogP contribution is 2.43. The first-order valence-electron chi connectivity index (χ1n) is 6.82. The molecule has 1 heterocycles. The van der Waals surface area contributed by atoms with Crippen LogP contribution in [0, 0.1) is 5.92 Å². The second-order valence-corrected chi connectivity index (χ2v) is 5.61. The van der Waals surface area contributed by atoms with E-state index in [-0.39, 0.29) is 24.4 Å². The van der Waals surface area contributed by atoms with Crippen LogP contribution in [0.5, 0.6) is 5.75 Å². The zero-order valence-electron chi connectivity index (χ0n) is 11.7. The maximum Gasteiger partial charge on any atom is 0.325 e. The van der Waals surface area contributed by atoms with Gasteiger partial charge in [-0.1, -0.05) is 18.2 Å². The molecule has 1 unspecified atom stereocenters. The van der Waals surface area contributed by atoms with Gasteiger partial charge in [0.05, 0.1) is 13.7 Å². The van der Waals surface area contributed by atoms with E-state index in [1.807, 2.05) is 31.2 Å². The maximum atomic E-state index is 12.5. The van der Waals surface area contributed by atoms with Crippen LogP contribution in [0.1, 0.15) is 25.3 Å². The summed E-state index contributed by atoms with van der Waals surface area (Å²) in [7, 11) is 1.58. The van der Waals surface area contributed by atoms with Gasteiger partial charge in [-0.2, -0.15) is 0 Å². The van der Waals surface area contributed by atoms with E-state index in [0.717, 1.165) is 18.4 Å². The first-order valence-corrected chi connectivity index (χ1v) is 6.82. The molecule has 0 radical (unpaired) electrons. The summed E-state index contributed by atoms with van der Waals surface area (Å²) in [4.78, 5) is 25.9. The van der Waals surface area contributed by atoms with Gasteiger partial charge < -0.3 is 10.1 Å². The Morgan fingerprint density at radius 3 is 2.70 bits per heavy atom. The second-order valence-electron chi connectivity index (χ2n) is 5.61. The van der Waals surface area contributed by atoms with Crippen molar-refractivity contribution in [1.29, 1.82) is 0 Å². The molecular formula is C15H18N2O3. The zero-order valence-corrected chi connectivity index (χ0v) is 11.7. The predicted molar refractivity (Wildman–Crippen MR) is 73.2 cm³/mol. The topological polar surface area (TPSA) is 58.6 Å². The average molecular weight is 274 g/mol. The molecule has 5 heteroatoms. The van der Waals surface area contributed by atoms with Crippen molar-refractivity contribution in [2.24, 2.45) is 5.92 Å². The Balaban J connectivity index is 1.84. The lowest BCUT2D eigenvalue weighted by atomic mass is 9.96. The van der Waals surface area contributed by atoms with Gasteiger partial charge in [0, 0.05) is 5.56 Å². The van der Waals surface area contributed by atoms with Crippen LogP contribution in [0.25, 0.3) is 0 Å². The smallest absolute Gasteiger partial charge is 0.325 e. The number of hydrogen-bond acceptors (Lipinski definition) is 3. The molecule has 0 aromatic heterocycles. The Labute approximate surface area is 117 Å². The normalized spacial score (nSPS) is 25.8. The van der Waals surface area contributed by atoms with Crippen molar-refractivity contribution >= 4 is 11.9 Å². The fraction of sp³-hybridized carbons (Fsp3) is 0.467. The number of para-hydroxylation sites is 1. The minimum Gasteiger partial charge on any atom is -0.496 e. The molecule has 0 bridgehead atoms. The van der Waals surface area contributed by atoms with Crippen molar-refractivity contribution in [3.63, 3.8) is 0 Å². The van der Waals surface area contributed by atoms with Crippen LogP contribution < -0.4 is 10.1 Å². The number of amides is 3. The van der Waals surface area contributed by atoms with Crippen molar-refractivity contribution in [3.8, 4) is 5.75 Å². The van der Waals surface area contributed by atoms with Gasteiger partial charge >= 0.3 is 6.03 Å². The highest BCUT2D eigenvalue weighted by molar-refractivity contribution is 6.07. The number of nitrogens with zero attached hydrogens (tertiary/aromatic N) is 1. The number of rotatable bonds is 4. The van der Waals surface area contributed by atoms with Crippen LogP contribution in [0.3, 0.4) is 0 Å².